The Morgan fingerprint density at radius 2 is 2.25 bits per heavy atom. The molecule has 1 atom stereocenters. The van der Waals surface area contributed by atoms with Gasteiger partial charge in [-0.15, -0.1) is 0 Å². The number of ether oxygens (including phenoxy) is 1. The maximum Gasteiger partial charge on any atom is 0.122 e. The van der Waals surface area contributed by atoms with Crippen LogP contribution < -0.4 is 10.1 Å². The van der Waals surface area contributed by atoms with Crippen LogP contribution in [-0.2, 0) is 12.8 Å². The van der Waals surface area contributed by atoms with Crippen molar-refractivity contribution < 1.29 is 4.74 Å². The first kappa shape index (κ1) is 13.9. The molecule has 2 nitrogen and oxygen atoms in total. The summed E-state index contributed by atoms with van der Waals surface area (Å²) in [5.41, 5.74) is 3.27. The molecule has 0 bridgehead atoms. The van der Waals surface area contributed by atoms with Crippen molar-refractivity contribution in [1.29, 1.82) is 0 Å². The molecule has 1 aromatic rings. The molecule has 2 heteroatoms. The summed E-state index contributed by atoms with van der Waals surface area (Å²) in [7, 11) is 0. The minimum atomic E-state index is 0.393. The maximum atomic E-state index is 5.59. The zero-order valence-corrected chi connectivity index (χ0v) is 12.9. The fourth-order valence-corrected chi connectivity index (χ4v) is 3.92. The summed E-state index contributed by atoms with van der Waals surface area (Å²) in [6, 6.07) is 6.78. The molecule has 1 saturated heterocycles. The predicted molar refractivity (Wildman–Crippen MR) is 83.4 cm³/mol. The molecular weight excluding hydrogens is 246 g/mol. The molecule has 0 radical (unpaired) electrons. The van der Waals surface area contributed by atoms with Gasteiger partial charge in [-0.05, 0) is 61.8 Å². The first-order valence-electron chi connectivity index (χ1n) is 8.17. The van der Waals surface area contributed by atoms with Crippen molar-refractivity contribution in [3.05, 3.63) is 29.3 Å². The molecule has 1 fully saturated rings. The number of hydrogen-bond donors (Lipinski definition) is 1. The van der Waals surface area contributed by atoms with Crippen molar-refractivity contribution in [3.8, 4) is 5.75 Å². The Bertz CT molecular complexity index is 460. The lowest BCUT2D eigenvalue weighted by molar-refractivity contribution is 0.284. The Balaban J connectivity index is 1.65. The summed E-state index contributed by atoms with van der Waals surface area (Å²) >= 11 is 0. The monoisotopic (exact) mass is 273 g/mol. The van der Waals surface area contributed by atoms with E-state index in [4.69, 9.17) is 4.74 Å². The second kappa shape index (κ2) is 5.77. The first-order valence-corrected chi connectivity index (χ1v) is 8.17. The van der Waals surface area contributed by atoms with Crippen molar-refractivity contribution in [2.45, 2.75) is 57.9 Å². The molecule has 2 aliphatic rings. The van der Waals surface area contributed by atoms with Crippen molar-refractivity contribution in [3.63, 3.8) is 0 Å². The fraction of sp³-hybridized carbons (Fsp3) is 0.667. The van der Waals surface area contributed by atoms with Crippen LogP contribution >= 0.6 is 0 Å². The van der Waals surface area contributed by atoms with Gasteiger partial charge in [-0.1, -0.05) is 26.0 Å². The normalized spacial score (nSPS) is 24.9. The van der Waals surface area contributed by atoms with Gasteiger partial charge in [-0.25, -0.2) is 0 Å². The number of nitrogens with one attached hydrogen (secondary N) is 1. The molecule has 110 valence electrons. The van der Waals surface area contributed by atoms with Crippen LogP contribution in [0.2, 0.25) is 0 Å². The Kier molecular flexibility index (Phi) is 4.02. The molecule has 0 amide bonds. The third kappa shape index (κ3) is 3.01. The number of hydrogen-bond acceptors (Lipinski definition) is 2. The van der Waals surface area contributed by atoms with Gasteiger partial charge in [0.2, 0.25) is 0 Å². The lowest BCUT2D eigenvalue weighted by Crippen LogP contribution is -2.41. The number of fused-ring (bicyclic) bond motifs is 1. The van der Waals surface area contributed by atoms with E-state index in [1.165, 1.54) is 49.8 Å². The number of benzene rings is 1. The highest BCUT2D eigenvalue weighted by Crippen LogP contribution is 2.32. The second-order valence-electron chi connectivity index (χ2n) is 6.95. The fourth-order valence-electron chi connectivity index (χ4n) is 3.92. The van der Waals surface area contributed by atoms with Gasteiger partial charge in [0.25, 0.3) is 0 Å². The van der Waals surface area contributed by atoms with E-state index in [2.05, 4.69) is 37.4 Å². The minimum absolute atomic E-state index is 0.393. The Labute approximate surface area is 122 Å². The topological polar surface area (TPSA) is 21.3 Å². The van der Waals surface area contributed by atoms with Crippen LogP contribution in [-0.4, -0.2) is 18.7 Å². The lowest BCUT2D eigenvalue weighted by Gasteiger charge is -2.31. The maximum absolute atomic E-state index is 5.59. The lowest BCUT2D eigenvalue weighted by atomic mass is 9.82. The van der Waals surface area contributed by atoms with Gasteiger partial charge in [0, 0.05) is 12.0 Å². The van der Waals surface area contributed by atoms with Gasteiger partial charge in [0.15, 0.2) is 0 Å². The van der Waals surface area contributed by atoms with Gasteiger partial charge < -0.3 is 10.1 Å². The summed E-state index contributed by atoms with van der Waals surface area (Å²) in [5.74, 6) is 1.87. The first-order chi connectivity index (χ1) is 9.67. The molecule has 2 aliphatic heterocycles. The largest absolute Gasteiger partial charge is 0.493 e. The van der Waals surface area contributed by atoms with Crippen LogP contribution in [0.15, 0.2) is 18.2 Å². The Hall–Kier alpha value is -1.02. The molecule has 3 rings (SSSR count). The molecule has 0 aliphatic carbocycles. The molecule has 1 aromatic carbocycles. The van der Waals surface area contributed by atoms with E-state index < -0.39 is 0 Å². The highest BCUT2D eigenvalue weighted by molar-refractivity contribution is 5.39. The molecular formula is C18H27NO. The van der Waals surface area contributed by atoms with E-state index >= 15 is 0 Å². The van der Waals surface area contributed by atoms with Crippen LogP contribution in [0.5, 0.6) is 5.75 Å². The number of rotatable bonds is 5. The van der Waals surface area contributed by atoms with Crippen LogP contribution in [0, 0.1) is 5.92 Å². The SMILES string of the molecule is CC(C)CC1(CCc2ccc3c(c2)CCO3)CCCN1. The van der Waals surface area contributed by atoms with Crippen molar-refractivity contribution in [1.82, 2.24) is 5.32 Å². The molecule has 2 heterocycles. The average molecular weight is 273 g/mol. The summed E-state index contributed by atoms with van der Waals surface area (Å²) in [6.45, 7) is 6.74. The average Bonchev–Trinajstić information content (AvgIpc) is 3.04. The van der Waals surface area contributed by atoms with Crippen molar-refractivity contribution >= 4 is 0 Å². The van der Waals surface area contributed by atoms with E-state index in [1.807, 2.05) is 0 Å². The second-order valence-corrected chi connectivity index (χ2v) is 6.95. The van der Waals surface area contributed by atoms with Gasteiger partial charge in [-0.2, -0.15) is 0 Å². The highest BCUT2D eigenvalue weighted by Gasteiger charge is 2.33. The van der Waals surface area contributed by atoms with Crippen LogP contribution in [0.1, 0.15) is 50.7 Å². The Morgan fingerprint density at radius 1 is 1.35 bits per heavy atom. The standard InChI is InChI=1S/C18H27NO/c1-14(2)13-18(8-3-10-19-18)9-6-15-4-5-17-16(12-15)7-11-20-17/h4-5,12,14,19H,3,6-11,13H2,1-2H3. The highest BCUT2D eigenvalue weighted by atomic mass is 16.5. The van der Waals surface area contributed by atoms with E-state index in [9.17, 15) is 0 Å². The quantitative estimate of drug-likeness (QED) is 0.883. The van der Waals surface area contributed by atoms with E-state index in [0.29, 0.717) is 5.54 Å². The van der Waals surface area contributed by atoms with Gasteiger partial charge in [-0.3, -0.25) is 0 Å². The Morgan fingerprint density at radius 3 is 3.00 bits per heavy atom. The number of aryl methyl sites for hydroxylation is 1. The molecule has 20 heavy (non-hydrogen) atoms. The zero-order chi connectivity index (χ0) is 14.0. The van der Waals surface area contributed by atoms with E-state index in [-0.39, 0.29) is 0 Å². The zero-order valence-electron chi connectivity index (χ0n) is 12.9. The molecule has 1 unspecified atom stereocenters. The van der Waals surface area contributed by atoms with Crippen molar-refractivity contribution in [2.24, 2.45) is 5.92 Å². The molecule has 1 N–H and O–H groups in total. The summed E-state index contributed by atoms with van der Waals surface area (Å²) < 4.78 is 5.59. The third-order valence-electron chi connectivity index (χ3n) is 4.78. The van der Waals surface area contributed by atoms with E-state index in [0.717, 1.165) is 24.7 Å². The van der Waals surface area contributed by atoms with E-state index in [1.54, 1.807) is 0 Å². The van der Waals surface area contributed by atoms with Crippen molar-refractivity contribution in [2.75, 3.05) is 13.2 Å². The van der Waals surface area contributed by atoms with Gasteiger partial charge in [0.1, 0.15) is 5.75 Å². The minimum Gasteiger partial charge on any atom is -0.493 e. The van der Waals surface area contributed by atoms with Crippen LogP contribution in [0.4, 0.5) is 0 Å². The molecule has 0 aromatic heterocycles. The molecule has 0 saturated carbocycles. The van der Waals surface area contributed by atoms with Crippen LogP contribution in [0.25, 0.3) is 0 Å². The third-order valence-corrected chi connectivity index (χ3v) is 4.78. The molecule has 0 spiro atoms. The van der Waals surface area contributed by atoms with Gasteiger partial charge in [0.05, 0.1) is 6.61 Å². The van der Waals surface area contributed by atoms with Gasteiger partial charge >= 0.3 is 0 Å². The predicted octanol–water partition coefficient (Wildman–Crippen LogP) is 3.72. The summed E-state index contributed by atoms with van der Waals surface area (Å²) in [6.07, 6.45) is 7.53. The van der Waals surface area contributed by atoms with Crippen LogP contribution in [0.3, 0.4) is 0 Å². The summed E-state index contributed by atoms with van der Waals surface area (Å²) in [5, 5.41) is 3.80. The smallest absolute Gasteiger partial charge is 0.122 e. The summed E-state index contributed by atoms with van der Waals surface area (Å²) in [4.78, 5) is 0.